The van der Waals surface area contributed by atoms with Crippen molar-refractivity contribution in [1.82, 2.24) is 0 Å². The van der Waals surface area contributed by atoms with E-state index in [1.54, 1.807) is 26.2 Å². The second-order valence-electron chi connectivity index (χ2n) is 3.78. The lowest BCUT2D eigenvalue weighted by Crippen LogP contribution is -2.12. The summed E-state index contributed by atoms with van der Waals surface area (Å²) in [4.78, 5) is 10.8. The van der Waals surface area contributed by atoms with Crippen LogP contribution < -0.4 is 5.73 Å². The van der Waals surface area contributed by atoms with Crippen LogP contribution in [0.5, 0.6) is 0 Å². The van der Waals surface area contributed by atoms with Gasteiger partial charge >= 0.3 is 0 Å². The van der Waals surface area contributed by atoms with Gasteiger partial charge in [0.25, 0.3) is 0 Å². The summed E-state index contributed by atoms with van der Waals surface area (Å²) in [5.74, 6) is 0.152. The van der Waals surface area contributed by atoms with Crippen molar-refractivity contribution in [3.05, 3.63) is 47.3 Å². The number of allylic oxidation sites excluding steroid dienone is 4. The van der Waals surface area contributed by atoms with Crippen LogP contribution in [0.25, 0.3) is 0 Å². The largest absolute Gasteiger partial charge is 0.497 e. The fourth-order valence-electron chi connectivity index (χ4n) is 1.43. The highest BCUT2D eigenvalue weighted by Crippen LogP contribution is 2.22. The fourth-order valence-corrected chi connectivity index (χ4v) is 1.43. The number of nitrogens with two attached hydrogens (primary N) is 1. The minimum Gasteiger partial charge on any atom is -0.497 e. The van der Waals surface area contributed by atoms with Crippen LogP contribution in [0.2, 0.25) is 0 Å². The number of carbonyl (C=O) groups excluding carboxylic acids is 1. The molecule has 0 aromatic rings. The molecule has 0 aliphatic heterocycles. The predicted molar refractivity (Wildman–Crippen MR) is 65.8 cm³/mol. The maximum atomic E-state index is 10.8. The number of hydrogen-bond acceptors (Lipinski definition) is 3. The molecular formula is C13H17NO3. The Kier molecular flexibility index (Phi) is 4.72. The molecule has 0 saturated carbocycles. The number of primary amides is 1. The molecule has 0 radical (unpaired) electrons. The van der Waals surface area contributed by atoms with E-state index in [0.29, 0.717) is 5.57 Å². The summed E-state index contributed by atoms with van der Waals surface area (Å²) in [6.07, 6.45) is 8.92. The highest BCUT2D eigenvalue weighted by Gasteiger charge is 2.13. The van der Waals surface area contributed by atoms with Crippen molar-refractivity contribution >= 4 is 5.91 Å². The third kappa shape index (κ3) is 3.60. The molecule has 4 nitrogen and oxygen atoms in total. The van der Waals surface area contributed by atoms with Crippen LogP contribution in [0.4, 0.5) is 0 Å². The van der Waals surface area contributed by atoms with Gasteiger partial charge in [-0.2, -0.15) is 0 Å². The second-order valence-corrected chi connectivity index (χ2v) is 3.78. The molecule has 4 heteroatoms. The molecule has 3 N–H and O–H groups in total. The van der Waals surface area contributed by atoms with Crippen molar-refractivity contribution in [2.75, 3.05) is 13.7 Å². The van der Waals surface area contributed by atoms with Crippen LogP contribution in [0.3, 0.4) is 0 Å². The smallest absolute Gasteiger partial charge is 0.244 e. The Hall–Kier alpha value is -1.81. The van der Waals surface area contributed by atoms with Crippen LogP contribution in [0.15, 0.2) is 47.3 Å². The van der Waals surface area contributed by atoms with E-state index in [1.165, 1.54) is 0 Å². The van der Waals surface area contributed by atoms with Gasteiger partial charge in [0.2, 0.25) is 5.91 Å². The Labute approximate surface area is 101 Å². The van der Waals surface area contributed by atoms with Gasteiger partial charge in [0.15, 0.2) is 0 Å². The first kappa shape index (κ1) is 13.3. The molecule has 1 aliphatic rings. The van der Waals surface area contributed by atoms with Gasteiger partial charge in [0, 0.05) is 11.5 Å². The number of aliphatic hydroxyl groups excluding tert-OH is 1. The molecule has 1 amide bonds. The highest BCUT2D eigenvalue weighted by atomic mass is 16.5. The Morgan fingerprint density at radius 2 is 2.29 bits per heavy atom. The zero-order valence-corrected chi connectivity index (χ0v) is 10.0. The van der Waals surface area contributed by atoms with E-state index in [0.717, 1.165) is 11.3 Å². The van der Waals surface area contributed by atoms with Crippen molar-refractivity contribution in [2.45, 2.75) is 6.92 Å². The van der Waals surface area contributed by atoms with Crippen molar-refractivity contribution in [2.24, 2.45) is 11.7 Å². The number of ether oxygens (including phenoxy) is 1. The molecule has 0 bridgehead atoms. The minimum absolute atomic E-state index is 0.00745. The first-order valence-corrected chi connectivity index (χ1v) is 5.31. The molecule has 92 valence electrons. The number of hydrogen-bond donors (Lipinski definition) is 2. The van der Waals surface area contributed by atoms with Gasteiger partial charge in [0.05, 0.1) is 13.7 Å². The van der Waals surface area contributed by atoms with Crippen molar-refractivity contribution in [3.63, 3.8) is 0 Å². The summed E-state index contributed by atoms with van der Waals surface area (Å²) in [6.45, 7) is 1.64. The Bertz CT molecular complexity index is 416. The van der Waals surface area contributed by atoms with E-state index in [-0.39, 0.29) is 12.5 Å². The fraction of sp³-hybridized carbons (Fsp3) is 0.308. The molecule has 0 heterocycles. The summed E-state index contributed by atoms with van der Waals surface area (Å²) in [5, 5.41) is 9.26. The van der Waals surface area contributed by atoms with Gasteiger partial charge in [-0.3, -0.25) is 4.79 Å². The molecule has 1 unspecified atom stereocenters. The predicted octanol–water partition coefficient (Wildman–Crippen LogP) is 1.05. The average Bonchev–Trinajstić information content (AvgIpc) is 2.35. The van der Waals surface area contributed by atoms with Gasteiger partial charge < -0.3 is 15.6 Å². The van der Waals surface area contributed by atoms with Gasteiger partial charge in [-0.1, -0.05) is 18.2 Å². The van der Waals surface area contributed by atoms with Crippen molar-refractivity contribution < 1.29 is 14.6 Å². The van der Waals surface area contributed by atoms with Crippen molar-refractivity contribution in [1.29, 1.82) is 0 Å². The molecule has 0 aromatic carbocycles. The molecular weight excluding hydrogens is 218 g/mol. The molecule has 0 spiro atoms. The number of rotatable bonds is 4. The van der Waals surface area contributed by atoms with Crippen LogP contribution in [-0.4, -0.2) is 24.7 Å². The quantitative estimate of drug-likeness (QED) is 0.715. The highest BCUT2D eigenvalue weighted by molar-refractivity contribution is 5.91. The van der Waals surface area contributed by atoms with E-state index < -0.39 is 5.91 Å². The first-order chi connectivity index (χ1) is 8.08. The van der Waals surface area contributed by atoms with Gasteiger partial charge in [-0.25, -0.2) is 0 Å². The monoisotopic (exact) mass is 235 g/mol. The summed E-state index contributed by atoms with van der Waals surface area (Å²) < 4.78 is 5.08. The summed E-state index contributed by atoms with van der Waals surface area (Å²) in [5.41, 5.74) is 6.51. The minimum atomic E-state index is -0.449. The lowest BCUT2D eigenvalue weighted by Gasteiger charge is -2.16. The topological polar surface area (TPSA) is 72.6 Å². The average molecular weight is 235 g/mol. The number of aliphatic hydroxyl groups is 1. The lowest BCUT2D eigenvalue weighted by molar-refractivity contribution is -0.114. The van der Waals surface area contributed by atoms with Crippen LogP contribution in [-0.2, 0) is 9.53 Å². The molecule has 0 aromatic heterocycles. The Morgan fingerprint density at radius 1 is 1.59 bits per heavy atom. The van der Waals surface area contributed by atoms with Crippen LogP contribution in [0.1, 0.15) is 6.92 Å². The van der Waals surface area contributed by atoms with Crippen LogP contribution >= 0.6 is 0 Å². The standard InChI is InChI=1S/C13H17NO3/c1-9(13(14)16)3-4-10-5-6-12(17-2)7-11(10)8-15/h3-7,11,15H,8H2,1-2H3,(H2,14,16)/b9-3+,10-4-. The summed E-state index contributed by atoms with van der Waals surface area (Å²) >= 11 is 0. The molecule has 0 fully saturated rings. The third-order valence-corrected chi connectivity index (χ3v) is 2.58. The Morgan fingerprint density at radius 3 is 2.82 bits per heavy atom. The molecule has 1 atom stereocenters. The van der Waals surface area contributed by atoms with Gasteiger partial charge in [-0.15, -0.1) is 0 Å². The SMILES string of the molecule is COC1=CC(CO)/C(=C\C=C(/C)C(N)=O)C=C1. The summed E-state index contributed by atoms with van der Waals surface area (Å²) in [7, 11) is 1.58. The number of amides is 1. The maximum Gasteiger partial charge on any atom is 0.244 e. The zero-order valence-electron chi connectivity index (χ0n) is 10.0. The van der Waals surface area contributed by atoms with Crippen LogP contribution in [0, 0.1) is 5.92 Å². The molecule has 1 aliphatic carbocycles. The maximum absolute atomic E-state index is 10.8. The normalized spacial score (nSPS) is 22.5. The first-order valence-electron chi connectivity index (χ1n) is 5.31. The second kappa shape index (κ2) is 6.06. The van der Waals surface area contributed by atoms with Gasteiger partial charge in [-0.05, 0) is 24.6 Å². The summed E-state index contributed by atoms with van der Waals surface area (Å²) in [6, 6.07) is 0. The van der Waals surface area contributed by atoms with Crippen molar-refractivity contribution in [3.8, 4) is 0 Å². The van der Waals surface area contributed by atoms with E-state index in [9.17, 15) is 9.90 Å². The number of methoxy groups -OCH3 is 1. The zero-order chi connectivity index (χ0) is 12.8. The molecule has 1 rings (SSSR count). The van der Waals surface area contributed by atoms with E-state index >= 15 is 0 Å². The molecule has 17 heavy (non-hydrogen) atoms. The van der Waals surface area contributed by atoms with E-state index in [4.69, 9.17) is 10.5 Å². The van der Waals surface area contributed by atoms with Gasteiger partial charge in [0.1, 0.15) is 5.76 Å². The molecule has 0 saturated heterocycles. The number of carbonyl (C=O) groups is 1. The van der Waals surface area contributed by atoms with E-state index in [2.05, 4.69) is 0 Å². The lowest BCUT2D eigenvalue weighted by atomic mass is 9.94. The third-order valence-electron chi connectivity index (χ3n) is 2.58. The Balaban J connectivity index is 2.90. The van der Waals surface area contributed by atoms with E-state index in [1.807, 2.05) is 18.2 Å².